The molecule has 2 aliphatic carbocycles. The normalized spacial score (nSPS) is 24.9. The lowest BCUT2D eigenvalue weighted by atomic mass is 9.57. The summed E-state index contributed by atoms with van der Waals surface area (Å²) in [6, 6.07) is 7.49. The molecule has 2 aromatic heterocycles. The largest absolute Gasteiger partial charge is 0.504 e. The lowest BCUT2D eigenvalue weighted by molar-refractivity contribution is -0.143. The number of phenols is 1. The van der Waals surface area contributed by atoms with Crippen LogP contribution in [0.15, 0.2) is 54.1 Å². The molecule has 4 aliphatic rings. The number of pyridine rings is 2. The summed E-state index contributed by atoms with van der Waals surface area (Å²) in [5, 5.41) is 13.0. The van der Waals surface area contributed by atoms with E-state index in [4.69, 9.17) is 27.9 Å². The third-order valence-corrected chi connectivity index (χ3v) is 11.3. The van der Waals surface area contributed by atoms with Crippen LogP contribution in [-0.4, -0.2) is 69.4 Å². The SMILES string of the molecule is CCOc1cc([C@H]2C3=CC[C@@H]4C(=O)N(N(C)c5nc(C(F)(F)F)ccc5Cl)C(=O)[C@@H]4[C@@H]3C[C@H]3C(=O)N(N(C)c4nc(C(F)(F)F)ccc4Cl)C(=O)[C@@H]23)ccc1O. The van der Waals surface area contributed by atoms with Crippen molar-refractivity contribution in [3.63, 3.8) is 0 Å². The molecule has 20 heteroatoms. The van der Waals surface area contributed by atoms with Gasteiger partial charge in [0.05, 0.1) is 40.3 Å². The lowest BCUT2D eigenvalue weighted by Crippen LogP contribution is -2.46. The number of fused-ring (bicyclic) bond motifs is 4. The number of allylic oxidation sites excluding steroid dienone is 2. The van der Waals surface area contributed by atoms with Crippen molar-refractivity contribution in [2.24, 2.45) is 29.6 Å². The number of alkyl halides is 6. The number of carbonyl (C=O) groups is 4. The Labute approximate surface area is 324 Å². The number of hydrogen-bond acceptors (Lipinski definition) is 10. The van der Waals surface area contributed by atoms with E-state index >= 15 is 0 Å². The summed E-state index contributed by atoms with van der Waals surface area (Å²) in [4.78, 5) is 64.4. The van der Waals surface area contributed by atoms with E-state index in [0.717, 1.165) is 29.2 Å². The fourth-order valence-corrected chi connectivity index (χ4v) is 8.79. The number of amides is 4. The molecule has 0 radical (unpaired) electrons. The molecular weight excluding hydrogens is 797 g/mol. The van der Waals surface area contributed by atoms with Gasteiger partial charge in [0.15, 0.2) is 23.1 Å². The van der Waals surface area contributed by atoms with Gasteiger partial charge in [0, 0.05) is 20.0 Å². The van der Waals surface area contributed by atoms with E-state index in [1.54, 1.807) is 13.0 Å². The Morgan fingerprint density at radius 3 is 1.80 bits per heavy atom. The Hall–Kier alpha value is -5.10. The van der Waals surface area contributed by atoms with Crippen molar-refractivity contribution < 1.29 is 55.4 Å². The predicted molar refractivity (Wildman–Crippen MR) is 186 cm³/mol. The molecule has 1 N–H and O–H groups in total. The van der Waals surface area contributed by atoms with Gasteiger partial charge in [-0.3, -0.25) is 29.2 Å². The average molecular weight is 828 g/mol. The Morgan fingerprint density at radius 2 is 1.29 bits per heavy atom. The van der Waals surface area contributed by atoms with Crippen LogP contribution in [0.3, 0.4) is 0 Å². The van der Waals surface area contributed by atoms with Crippen molar-refractivity contribution in [2.75, 3.05) is 30.7 Å². The van der Waals surface area contributed by atoms with Gasteiger partial charge in [-0.15, -0.1) is 0 Å². The van der Waals surface area contributed by atoms with Crippen LogP contribution in [0.25, 0.3) is 0 Å². The first-order valence-corrected chi connectivity index (χ1v) is 17.9. The summed E-state index contributed by atoms with van der Waals surface area (Å²) in [5.41, 5.74) is -1.75. The van der Waals surface area contributed by atoms with Gasteiger partial charge in [-0.2, -0.15) is 36.4 Å². The molecule has 56 heavy (non-hydrogen) atoms. The molecule has 2 aliphatic heterocycles. The van der Waals surface area contributed by atoms with E-state index in [-0.39, 0.29) is 41.0 Å². The van der Waals surface area contributed by atoms with Crippen molar-refractivity contribution in [3.8, 4) is 11.5 Å². The monoisotopic (exact) mass is 826 g/mol. The van der Waals surface area contributed by atoms with Crippen LogP contribution in [0, 0.1) is 29.6 Å². The Morgan fingerprint density at radius 1 is 0.768 bits per heavy atom. The van der Waals surface area contributed by atoms with Crippen molar-refractivity contribution in [1.29, 1.82) is 0 Å². The topological polar surface area (TPSA) is 136 Å². The van der Waals surface area contributed by atoms with Crippen LogP contribution >= 0.6 is 23.2 Å². The number of carbonyl (C=O) groups excluding carboxylic acids is 4. The molecule has 3 aromatic rings. The van der Waals surface area contributed by atoms with E-state index in [0.29, 0.717) is 33.3 Å². The number of imide groups is 2. The molecule has 296 valence electrons. The highest BCUT2D eigenvalue weighted by Gasteiger charge is 2.63. The fourth-order valence-electron chi connectivity index (χ4n) is 8.34. The van der Waals surface area contributed by atoms with E-state index in [1.807, 2.05) is 0 Å². The highest BCUT2D eigenvalue weighted by molar-refractivity contribution is 6.33. The highest BCUT2D eigenvalue weighted by atomic mass is 35.5. The van der Waals surface area contributed by atoms with Gasteiger partial charge in [-0.1, -0.05) is 40.9 Å². The van der Waals surface area contributed by atoms with E-state index in [1.165, 1.54) is 25.2 Å². The minimum absolute atomic E-state index is 0.0328. The minimum atomic E-state index is -4.89. The summed E-state index contributed by atoms with van der Waals surface area (Å²) in [6.07, 6.45) is -8.26. The smallest absolute Gasteiger partial charge is 0.433 e. The number of anilines is 2. The predicted octanol–water partition coefficient (Wildman–Crippen LogP) is 6.66. The van der Waals surface area contributed by atoms with Crippen LogP contribution in [0.1, 0.15) is 42.6 Å². The molecule has 0 bridgehead atoms. The van der Waals surface area contributed by atoms with Gasteiger partial charge in [-0.25, -0.2) is 9.97 Å². The number of aromatic nitrogens is 2. The maximum Gasteiger partial charge on any atom is 0.433 e. The van der Waals surface area contributed by atoms with Crippen LogP contribution in [-0.2, 0) is 31.5 Å². The van der Waals surface area contributed by atoms with E-state index in [2.05, 4.69) is 9.97 Å². The summed E-state index contributed by atoms with van der Waals surface area (Å²) in [7, 11) is 2.33. The third-order valence-electron chi connectivity index (χ3n) is 10.7. The molecule has 0 unspecified atom stereocenters. The zero-order valence-electron chi connectivity index (χ0n) is 29.4. The van der Waals surface area contributed by atoms with Gasteiger partial charge < -0.3 is 9.84 Å². The maximum atomic E-state index is 14.5. The molecule has 4 heterocycles. The molecule has 1 aromatic carbocycles. The number of halogens is 8. The first-order valence-electron chi connectivity index (χ1n) is 17.1. The van der Waals surface area contributed by atoms with Gasteiger partial charge >= 0.3 is 12.4 Å². The fraction of sp³-hybridized carbons (Fsp3) is 0.389. The zero-order valence-corrected chi connectivity index (χ0v) is 30.9. The Kier molecular flexibility index (Phi) is 9.66. The minimum Gasteiger partial charge on any atom is -0.504 e. The van der Waals surface area contributed by atoms with Gasteiger partial charge in [0.25, 0.3) is 23.6 Å². The molecule has 1 saturated carbocycles. The third kappa shape index (κ3) is 6.26. The lowest BCUT2D eigenvalue weighted by Gasteiger charge is -2.44. The molecule has 3 fully saturated rings. The van der Waals surface area contributed by atoms with Crippen molar-refractivity contribution in [2.45, 2.75) is 38.0 Å². The number of phenolic OH excluding ortho intramolecular Hbond substituents is 1. The Bertz CT molecular complexity index is 2200. The standard InChI is InChI=1S/C36H30Cl2F6N6O6/c1-4-56-23-13-15(5-10-22(23)51)26-16-6-7-17-27(33(54)49(31(17)52)47(2)29-20(37)8-11-24(45-29)35(39,40)41)18(16)14-19-28(26)34(55)50(32(19)53)48(3)30-21(38)9-12-25(46-30)36(42,43)44/h5-6,8-13,17-19,26-28,51H,4,7,14H2,1-3H3/t17-,18+,19+,26-,27-,28+/m0/s1. The van der Waals surface area contributed by atoms with Crippen LogP contribution in [0.4, 0.5) is 38.0 Å². The molecule has 12 nitrogen and oxygen atoms in total. The number of ether oxygens (including phenoxy) is 1. The molecule has 2 saturated heterocycles. The number of aromatic hydroxyl groups is 1. The van der Waals surface area contributed by atoms with Crippen molar-refractivity contribution >= 4 is 58.5 Å². The first kappa shape index (κ1) is 39.1. The van der Waals surface area contributed by atoms with Crippen LogP contribution < -0.4 is 14.8 Å². The molecule has 4 amide bonds. The number of nitrogens with zero attached hydrogens (tertiary/aromatic N) is 6. The van der Waals surface area contributed by atoms with Gasteiger partial charge in [0.2, 0.25) is 0 Å². The number of hydrogen-bond donors (Lipinski definition) is 1. The highest BCUT2D eigenvalue weighted by Crippen LogP contribution is 2.59. The quantitative estimate of drug-likeness (QED) is 0.156. The average Bonchev–Trinajstić information content (AvgIpc) is 3.54. The zero-order chi connectivity index (χ0) is 40.8. The Balaban J connectivity index is 1.31. The summed E-state index contributed by atoms with van der Waals surface area (Å²) in [6.45, 7) is 1.82. The second kappa shape index (κ2) is 13.8. The summed E-state index contributed by atoms with van der Waals surface area (Å²) < 4.78 is 87.4. The van der Waals surface area contributed by atoms with Crippen molar-refractivity contribution in [3.05, 3.63) is 81.1 Å². The van der Waals surface area contributed by atoms with Gasteiger partial charge in [-0.05, 0) is 67.6 Å². The number of benzene rings is 1. The van der Waals surface area contributed by atoms with Crippen LogP contribution in [0.5, 0.6) is 11.5 Å². The number of rotatable bonds is 7. The van der Waals surface area contributed by atoms with Gasteiger partial charge in [0.1, 0.15) is 11.4 Å². The molecule has 0 spiro atoms. The number of hydrazine groups is 2. The van der Waals surface area contributed by atoms with Crippen molar-refractivity contribution in [1.82, 2.24) is 20.0 Å². The summed E-state index contributed by atoms with van der Waals surface area (Å²) in [5.74, 6) is -10.9. The second-order valence-corrected chi connectivity index (χ2v) is 14.5. The second-order valence-electron chi connectivity index (χ2n) is 13.7. The molecular formula is C36H30Cl2F6N6O6. The maximum absolute atomic E-state index is 14.5. The first-order chi connectivity index (χ1) is 26.3. The summed E-state index contributed by atoms with van der Waals surface area (Å²) >= 11 is 12.5. The molecule has 7 rings (SSSR count). The van der Waals surface area contributed by atoms with E-state index in [9.17, 15) is 50.6 Å². The van der Waals surface area contributed by atoms with Crippen LogP contribution in [0.2, 0.25) is 10.0 Å². The molecule has 6 atom stereocenters. The van der Waals surface area contributed by atoms with E-state index < -0.39 is 94.5 Å².